The van der Waals surface area contributed by atoms with Crippen molar-refractivity contribution in [1.82, 2.24) is 0 Å². The van der Waals surface area contributed by atoms with E-state index in [1.54, 1.807) is 0 Å². The Morgan fingerprint density at radius 2 is 1.90 bits per heavy atom. The second-order valence-electron chi connectivity index (χ2n) is 2.19. The van der Waals surface area contributed by atoms with Crippen molar-refractivity contribution in [2.24, 2.45) is 0 Å². The van der Waals surface area contributed by atoms with Crippen LogP contribution < -0.4 is 0 Å². The molecular formula is C5H9BrO4. The summed E-state index contributed by atoms with van der Waals surface area (Å²) in [7, 11) is 0. The van der Waals surface area contributed by atoms with E-state index in [4.69, 9.17) is 20.1 Å². The molecule has 1 unspecified atom stereocenters. The van der Waals surface area contributed by atoms with E-state index in [-0.39, 0.29) is 6.61 Å². The molecule has 1 aliphatic heterocycles. The Bertz CT molecular complexity index is 120. The lowest BCUT2D eigenvalue weighted by atomic mass is 10.2. The van der Waals surface area contributed by atoms with Crippen LogP contribution in [0.4, 0.5) is 0 Å². The highest BCUT2D eigenvalue weighted by atomic mass is 79.9. The monoisotopic (exact) mass is 212 g/mol. The minimum Gasteiger partial charge on any atom is -0.394 e. The second kappa shape index (κ2) is 3.15. The maximum atomic E-state index is 9.06. The largest absolute Gasteiger partial charge is 0.394 e. The van der Waals surface area contributed by atoms with E-state index in [0.717, 1.165) is 0 Å². The summed E-state index contributed by atoms with van der Waals surface area (Å²) in [5.74, 6) is 0. The van der Waals surface area contributed by atoms with Crippen LogP contribution in [0.15, 0.2) is 0 Å². The molecule has 5 heteroatoms. The molecule has 0 aromatic rings. The van der Waals surface area contributed by atoms with Crippen LogP contribution in [0, 0.1) is 0 Å². The first kappa shape index (κ1) is 8.42. The topological polar surface area (TPSA) is 69.9 Å². The Kier molecular flexibility index (Phi) is 2.65. The first-order valence-electron chi connectivity index (χ1n) is 2.93. The molecule has 0 bridgehead atoms. The molecule has 3 N–H and O–H groups in total. The van der Waals surface area contributed by atoms with Gasteiger partial charge in [-0.15, -0.1) is 0 Å². The highest BCUT2D eigenvalue weighted by molar-refractivity contribution is 9.09. The molecule has 0 spiro atoms. The maximum absolute atomic E-state index is 9.06. The van der Waals surface area contributed by atoms with Gasteiger partial charge >= 0.3 is 0 Å². The first-order chi connectivity index (χ1) is 4.66. The Hall–Kier alpha value is 0.320. The standard InChI is InChI=1S/C5H9BrO4/c6-5-4(9)3(8)2(1-7)10-5/h2-5,7-9H,1H2/t2-,3-,4+,5?/m1/s1. The molecule has 1 rings (SSSR count). The molecule has 1 aliphatic rings. The third-order valence-corrected chi connectivity index (χ3v) is 2.24. The van der Waals surface area contributed by atoms with E-state index in [0.29, 0.717) is 0 Å². The third-order valence-electron chi connectivity index (χ3n) is 1.48. The predicted molar refractivity (Wildman–Crippen MR) is 36.7 cm³/mol. The number of hydrogen-bond acceptors (Lipinski definition) is 4. The number of hydrogen-bond donors (Lipinski definition) is 3. The van der Waals surface area contributed by atoms with Gasteiger partial charge in [0.1, 0.15) is 23.3 Å². The minimum absolute atomic E-state index is 0.277. The van der Waals surface area contributed by atoms with Gasteiger partial charge < -0.3 is 20.1 Å². The Morgan fingerprint density at radius 3 is 2.10 bits per heavy atom. The zero-order valence-electron chi connectivity index (χ0n) is 5.14. The summed E-state index contributed by atoms with van der Waals surface area (Å²) in [5.41, 5.74) is 0. The van der Waals surface area contributed by atoms with Crippen LogP contribution in [-0.2, 0) is 4.74 Å². The van der Waals surface area contributed by atoms with Crippen LogP contribution in [-0.4, -0.2) is 45.3 Å². The zero-order valence-corrected chi connectivity index (χ0v) is 6.73. The van der Waals surface area contributed by atoms with Crippen LogP contribution in [0.25, 0.3) is 0 Å². The van der Waals surface area contributed by atoms with Crippen LogP contribution in [0.1, 0.15) is 0 Å². The quantitative estimate of drug-likeness (QED) is 0.479. The number of aliphatic hydroxyl groups excluding tert-OH is 3. The van der Waals surface area contributed by atoms with E-state index < -0.39 is 23.3 Å². The molecule has 60 valence electrons. The van der Waals surface area contributed by atoms with Gasteiger partial charge in [0.2, 0.25) is 0 Å². The average molecular weight is 213 g/mol. The van der Waals surface area contributed by atoms with Crippen molar-refractivity contribution in [3.8, 4) is 0 Å². The SMILES string of the molecule is OC[C@H]1OC(Br)[C@@H](O)[C@@H]1O. The van der Waals surface area contributed by atoms with Crippen molar-refractivity contribution in [3.63, 3.8) is 0 Å². The van der Waals surface area contributed by atoms with Crippen molar-refractivity contribution in [2.45, 2.75) is 23.3 Å². The maximum Gasteiger partial charge on any atom is 0.141 e. The van der Waals surface area contributed by atoms with Crippen LogP contribution in [0.2, 0.25) is 0 Å². The highest BCUT2D eigenvalue weighted by Gasteiger charge is 2.40. The summed E-state index contributed by atoms with van der Waals surface area (Å²) in [4.78, 5) is 0. The minimum atomic E-state index is -0.991. The van der Waals surface area contributed by atoms with Gasteiger partial charge in [0.15, 0.2) is 0 Å². The van der Waals surface area contributed by atoms with Gasteiger partial charge in [0.05, 0.1) is 6.61 Å². The highest BCUT2D eigenvalue weighted by Crippen LogP contribution is 2.24. The fourth-order valence-electron chi connectivity index (χ4n) is 0.854. The Balaban J connectivity index is 2.53. The molecule has 4 nitrogen and oxygen atoms in total. The summed E-state index contributed by atoms with van der Waals surface area (Å²) >= 11 is 2.98. The normalized spacial score (nSPS) is 48.0. The van der Waals surface area contributed by atoms with E-state index in [1.165, 1.54) is 0 Å². The molecule has 10 heavy (non-hydrogen) atoms. The van der Waals surface area contributed by atoms with Crippen molar-refractivity contribution in [2.75, 3.05) is 6.61 Å². The van der Waals surface area contributed by atoms with Gasteiger partial charge in [-0.3, -0.25) is 0 Å². The number of halogens is 1. The van der Waals surface area contributed by atoms with E-state index in [2.05, 4.69) is 15.9 Å². The summed E-state index contributed by atoms with van der Waals surface area (Å²) < 4.78 is 4.90. The third kappa shape index (κ3) is 1.33. The summed E-state index contributed by atoms with van der Waals surface area (Å²) in [6, 6.07) is 0. The van der Waals surface area contributed by atoms with Gasteiger partial charge in [-0.2, -0.15) is 0 Å². The molecule has 1 fully saturated rings. The van der Waals surface area contributed by atoms with Gasteiger partial charge in [0, 0.05) is 0 Å². The molecule has 1 heterocycles. The van der Waals surface area contributed by atoms with Crippen molar-refractivity contribution < 1.29 is 20.1 Å². The Morgan fingerprint density at radius 1 is 1.30 bits per heavy atom. The lowest BCUT2D eigenvalue weighted by Crippen LogP contribution is -2.32. The molecule has 0 aromatic carbocycles. The number of rotatable bonds is 1. The summed E-state index contributed by atoms with van der Waals surface area (Å²) in [5, 5.41) is 26.1. The van der Waals surface area contributed by atoms with Gasteiger partial charge in [-0.25, -0.2) is 0 Å². The molecule has 4 atom stereocenters. The van der Waals surface area contributed by atoms with Gasteiger partial charge in [-0.1, -0.05) is 15.9 Å². The number of alkyl halides is 1. The fourth-order valence-corrected chi connectivity index (χ4v) is 1.44. The number of ether oxygens (including phenoxy) is 1. The smallest absolute Gasteiger partial charge is 0.141 e. The molecular weight excluding hydrogens is 204 g/mol. The summed E-state index contributed by atoms with van der Waals surface area (Å²) in [6.07, 6.45) is -2.61. The lowest BCUT2D eigenvalue weighted by molar-refractivity contribution is -0.00760. The molecule has 0 aliphatic carbocycles. The fraction of sp³-hybridized carbons (Fsp3) is 1.00. The van der Waals surface area contributed by atoms with E-state index in [9.17, 15) is 0 Å². The number of aliphatic hydroxyl groups is 3. The van der Waals surface area contributed by atoms with Gasteiger partial charge in [0.25, 0.3) is 0 Å². The molecule has 0 saturated carbocycles. The predicted octanol–water partition coefficient (Wildman–Crippen LogP) is -1.18. The molecule has 0 aromatic heterocycles. The lowest BCUT2D eigenvalue weighted by Gasteiger charge is -2.09. The van der Waals surface area contributed by atoms with Crippen molar-refractivity contribution in [3.05, 3.63) is 0 Å². The molecule has 1 saturated heterocycles. The van der Waals surface area contributed by atoms with Crippen LogP contribution in [0.3, 0.4) is 0 Å². The zero-order chi connectivity index (χ0) is 7.72. The summed E-state index contributed by atoms with van der Waals surface area (Å²) in [6.45, 7) is -0.277. The van der Waals surface area contributed by atoms with Gasteiger partial charge in [-0.05, 0) is 0 Å². The van der Waals surface area contributed by atoms with E-state index in [1.807, 2.05) is 0 Å². The first-order valence-corrected chi connectivity index (χ1v) is 3.85. The van der Waals surface area contributed by atoms with Crippen molar-refractivity contribution in [1.29, 1.82) is 0 Å². The van der Waals surface area contributed by atoms with Crippen LogP contribution in [0.5, 0.6) is 0 Å². The Labute approximate surface area is 66.6 Å². The van der Waals surface area contributed by atoms with Crippen molar-refractivity contribution >= 4 is 15.9 Å². The van der Waals surface area contributed by atoms with Crippen LogP contribution >= 0.6 is 15.9 Å². The average Bonchev–Trinajstić information content (AvgIpc) is 2.17. The second-order valence-corrected chi connectivity index (χ2v) is 3.09. The molecule has 0 amide bonds. The molecule has 0 radical (unpaired) electrons. The van der Waals surface area contributed by atoms with E-state index >= 15 is 0 Å².